The fourth-order valence-electron chi connectivity index (χ4n) is 7.07. The summed E-state index contributed by atoms with van der Waals surface area (Å²) >= 11 is 0. The summed E-state index contributed by atoms with van der Waals surface area (Å²) in [6.07, 6.45) is 13.5. The highest BCUT2D eigenvalue weighted by Crippen LogP contribution is 2.59. The van der Waals surface area contributed by atoms with E-state index in [1.54, 1.807) is 0 Å². The van der Waals surface area contributed by atoms with E-state index in [2.05, 4.69) is 61.5 Å². The molecular weight excluding hydrogens is 380 g/mol. The van der Waals surface area contributed by atoms with Crippen molar-refractivity contribution in [3.63, 3.8) is 0 Å². The third-order valence-corrected chi connectivity index (χ3v) is 9.79. The van der Waals surface area contributed by atoms with Crippen LogP contribution in [0.4, 0.5) is 0 Å². The predicted octanol–water partition coefficient (Wildman–Crippen LogP) is 7.78. The SMILES string of the molecule is CC[C@H](O)CC1=CCC(C2CCC[C@@]2(CC)CC(C)C(O)CCC(C)C)C(C)C1(C)C. The molecule has 2 nitrogen and oxygen atoms in total. The van der Waals surface area contributed by atoms with E-state index >= 15 is 0 Å². The van der Waals surface area contributed by atoms with E-state index in [-0.39, 0.29) is 17.6 Å². The molecule has 0 bridgehead atoms. The number of rotatable bonds is 11. The fourth-order valence-corrected chi connectivity index (χ4v) is 7.07. The Morgan fingerprint density at radius 3 is 2.35 bits per heavy atom. The quantitative estimate of drug-likeness (QED) is 0.326. The van der Waals surface area contributed by atoms with E-state index in [1.807, 2.05) is 0 Å². The Bertz CT molecular complexity index is 577. The predicted molar refractivity (Wildman–Crippen MR) is 134 cm³/mol. The molecule has 1 fully saturated rings. The highest BCUT2D eigenvalue weighted by Gasteiger charge is 2.50. The van der Waals surface area contributed by atoms with E-state index in [0.717, 1.165) is 37.5 Å². The maximum Gasteiger partial charge on any atom is 0.0574 e. The van der Waals surface area contributed by atoms with Crippen LogP contribution in [-0.2, 0) is 0 Å². The average Bonchev–Trinajstić information content (AvgIpc) is 3.13. The van der Waals surface area contributed by atoms with Crippen LogP contribution in [0.1, 0.15) is 120 Å². The van der Waals surface area contributed by atoms with Crippen molar-refractivity contribution < 1.29 is 10.2 Å². The standard InChI is InChI=1S/C29H54O2/c1-9-24(30)18-23-14-15-25(22(6)28(23,7)8)26-12-11-17-29(26,10-2)19-21(5)27(31)16-13-20(3)4/h14,20-22,24-27,30-31H,9-13,15-19H2,1-8H3/t21?,22?,24-,25?,26?,27?,29-/m0/s1. The van der Waals surface area contributed by atoms with Gasteiger partial charge in [-0.1, -0.05) is 79.9 Å². The molecule has 0 amide bonds. The Labute approximate surface area is 194 Å². The molecule has 2 rings (SSSR count). The molecule has 0 aliphatic heterocycles. The number of hydrogen-bond donors (Lipinski definition) is 2. The highest BCUT2D eigenvalue weighted by atomic mass is 16.3. The van der Waals surface area contributed by atoms with Gasteiger partial charge in [0.05, 0.1) is 12.2 Å². The summed E-state index contributed by atoms with van der Waals surface area (Å²) in [5.41, 5.74) is 2.02. The van der Waals surface area contributed by atoms with E-state index in [0.29, 0.717) is 23.2 Å². The van der Waals surface area contributed by atoms with Crippen LogP contribution in [0.25, 0.3) is 0 Å². The largest absolute Gasteiger partial charge is 0.393 e. The van der Waals surface area contributed by atoms with Crippen molar-refractivity contribution in [3.8, 4) is 0 Å². The molecule has 1 saturated carbocycles. The second kappa shape index (κ2) is 11.2. The Morgan fingerprint density at radius 1 is 1.10 bits per heavy atom. The lowest BCUT2D eigenvalue weighted by Crippen LogP contribution is -2.43. The van der Waals surface area contributed by atoms with Gasteiger partial charge in [0.25, 0.3) is 0 Å². The molecule has 2 aliphatic rings. The van der Waals surface area contributed by atoms with E-state index < -0.39 is 0 Å². The maximum absolute atomic E-state index is 10.9. The minimum Gasteiger partial charge on any atom is -0.393 e. The van der Waals surface area contributed by atoms with Gasteiger partial charge in [0.2, 0.25) is 0 Å². The molecule has 2 aliphatic carbocycles. The van der Waals surface area contributed by atoms with Crippen molar-refractivity contribution in [2.24, 2.45) is 40.4 Å². The lowest BCUT2D eigenvalue weighted by atomic mass is 9.55. The van der Waals surface area contributed by atoms with Crippen LogP contribution in [0.5, 0.6) is 0 Å². The van der Waals surface area contributed by atoms with Gasteiger partial charge in [-0.2, -0.15) is 0 Å². The summed E-state index contributed by atoms with van der Waals surface area (Å²) in [7, 11) is 0. The van der Waals surface area contributed by atoms with Crippen LogP contribution < -0.4 is 0 Å². The van der Waals surface area contributed by atoms with Gasteiger partial charge in [-0.3, -0.25) is 0 Å². The first-order valence-corrected chi connectivity index (χ1v) is 13.5. The zero-order valence-corrected chi connectivity index (χ0v) is 22.1. The van der Waals surface area contributed by atoms with Crippen LogP contribution in [0.2, 0.25) is 0 Å². The molecule has 0 spiro atoms. The molecule has 0 aromatic heterocycles. The lowest BCUT2D eigenvalue weighted by Gasteiger charge is -2.50. The van der Waals surface area contributed by atoms with E-state index in [9.17, 15) is 10.2 Å². The zero-order chi connectivity index (χ0) is 23.4. The molecule has 0 aromatic rings. The molecule has 0 heterocycles. The topological polar surface area (TPSA) is 40.5 Å². The van der Waals surface area contributed by atoms with Crippen molar-refractivity contribution >= 4 is 0 Å². The van der Waals surface area contributed by atoms with Crippen LogP contribution in [-0.4, -0.2) is 22.4 Å². The summed E-state index contributed by atoms with van der Waals surface area (Å²) in [4.78, 5) is 0. The van der Waals surface area contributed by atoms with E-state index in [1.165, 1.54) is 44.1 Å². The Morgan fingerprint density at radius 2 is 1.77 bits per heavy atom. The smallest absolute Gasteiger partial charge is 0.0574 e. The van der Waals surface area contributed by atoms with Gasteiger partial charge in [0.1, 0.15) is 0 Å². The average molecular weight is 435 g/mol. The first kappa shape index (κ1) is 26.9. The monoisotopic (exact) mass is 434 g/mol. The fraction of sp³-hybridized carbons (Fsp3) is 0.931. The molecule has 0 saturated heterocycles. The summed E-state index contributed by atoms with van der Waals surface area (Å²) < 4.78 is 0. The molecule has 0 radical (unpaired) electrons. The summed E-state index contributed by atoms with van der Waals surface area (Å²) in [5, 5.41) is 21.2. The van der Waals surface area contributed by atoms with Gasteiger partial charge >= 0.3 is 0 Å². The van der Waals surface area contributed by atoms with Crippen LogP contribution in [0, 0.1) is 40.4 Å². The number of aliphatic hydroxyl groups is 2. The van der Waals surface area contributed by atoms with Crippen LogP contribution in [0.3, 0.4) is 0 Å². The van der Waals surface area contributed by atoms with Crippen molar-refractivity contribution in [1.82, 2.24) is 0 Å². The van der Waals surface area contributed by atoms with Gasteiger partial charge < -0.3 is 10.2 Å². The molecule has 7 atom stereocenters. The molecule has 5 unspecified atom stereocenters. The minimum atomic E-state index is -0.205. The van der Waals surface area contributed by atoms with Crippen LogP contribution in [0.15, 0.2) is 11.6 Å². The van der Waals surface area contributed by atoms with Crippen molar-refractivity contribution in [2.45, 2.75) is 132 Å². The lowest BCUT2D eigenvalue weighted by molar-refractivity contribution is 0.00766. The summed E-state index contributed by atoms with van der Waals surface area (Å²) in [5.74, 6) is 3.17. The summed E-state index contributed by atoms with van der Waals surface area (Å²) in [6, 6.07) is 0. The van der Waals surface area contributed by atoms with E-state index in [4.69, 9.17) is 0 Å². The number of aliphatic hydroxyl groups excluding tert-OH is 2. The third-order valence-electron chi connectivity index (χ3n) is 9.79. The first-order valence-electron chi connectivity index (χ1n) is 13.5. The van der Waals surface area contributed by atoms with Gasteiger partial charge in [-0.15, -0.1) is 0 Å². The molecule has 182 valence electrons. The van der Waals surface area contributed by atoms with Crippen molar-refractivity contribution in [1.29, 1.82) is 0 Å². The third kappa shape index (κ3) is 6.17. The Balaban J connectivity index is 2.18. The minimum absolute atomic E-state index is 0.156. The van der Waals surface area contributed by atoms with Crippen molar-refractivity contribution in [2.75, 3.05) is 0 Å². The normalized spacial score (nSPS) is 33.9. The second-order valence-corrected chi connectivity index (χ2v) is 12.3. The zero-order valence-electron chi connectivity index (χ0n) is 22.1. The number of hydrogen-bond acceptors (Lipinski definition) is 2. The Kier molecular flexibility index (Phi) is 9.71. The number of allylic oxidation sites excluding steroid dienone is 1. The first-order chi connectivity index (χ1) is 14.5. The van der Waals surface area contributed by atoms with Crippen LogP contribution >= 0.6 is 0 Å². The summed E-state index contributed by atoms with van der Waals surface area (Å²) in [6.45, 7) is 18.6. The van der Waals surface area contributed by atoms with Gasteiger partial charge in [0, 0.05) is 0 Å². The molecule has 2 heteroatoms. The van der Waals surface area contributed by atoms with Crippen molar-refractivity contribution in [3.05, 3.63) is 11.6 Å². The molecular formula is C29H54O2. The van der Waals surface area contributed by atoms with Gasteiger partial charge in [-0.05, 0) is 91.8 Å². The molecule has 31 heavy (non-hydrogen) atoms. The highest BCUT2D eigenvalue weighted by molar-refractivity contribution is 5.20. The molecule has 0 aromatic carbocycles. The van der Waals surface area contributed by atoms with Gasteiger partial charge in [-0.25, -0.2) is 0 Å². The van der Waals surface area contributed by atoms with Gasteiger partial charge in [0.15, 0.2) is 0 Å². The second-order valence-electron chi connectivity index (χ2n) is 12.3. The maximum atomic E-state index is 10.9. The molecule has 2 N–H and O–H groups in total. The Hall–Kier alpha value is -0.340.